The summed E-state index contributed by atoms with van der Waals surface area (Å²) >= 11 is 3.42. The average Bonchev–Trinajstić information content (AvgIpc) is 2.57. The third-order valence-corrected chi connectivity index (χ3v) is 2.51. The zero-order chi connectivity index (χ0) is 11.3. The van der Waals surface area contributed by atoms with Gasteiger partial charge in [-0.05, 0) is 12.8 Å². The lowest BCUT2D eigenvalue weighted by molar-refractivity contribution is 0.124. The summed E-state index contributed by atoms with van der Waals surface area (Å²) in [6, 6.07) is 0. The van der Waals surface area contributed by atoms with Crippen molar-refractivity contribution in [1.82, 2.24) is 14.8 Å². The Morgan fingerprint density at radius 3 is 2.53 bits per heavy atom. The molecule has 86 valence electrons. The highest BCUT2D eigenvalue weighted by Crippen LogP contribution is 2.10. The standard InChI is InChI=1S/C10H18BrN3O/c1-4-15-7-10-13-12-9(5-11)14(10)6-8(2)3/h8H,4-7H2,1-3H3. The summed E-state index contributed by atoms with van der Waals surface area (Å²) in [4.78, 5) is 0. The zero-order valence-corrected chi connectivity index (χ0v) is 11.1. The van der Waals surface area contributed by atoms with Gasteiger partial charge in [-0.15, -0.1) is 10.2 Å². The van der Waals surface area contributed by atoms with Crippen LogP contribution in [0.3, 0.4) is 0 Å². The highest BCUT2D eigenvalue weighted by molar-refractivity contribution is 9.08. The molecule has 15 heavy (non-hydrogen) atoms. The monoisotopic (exact) mass is 275 g/mol. The predicted molar refractivity (Wildman–Crippen MR) is 62.8 cm³/mol. The van der Waals surface area contributed by atoms with Crippen LogP contribution in [0.1, 0.15) is 32.4 Å². The van der Waals surface area contributed by atoms with Crippen molar-refractivity contribution >= 4 is 15.9 Å². The second-order valence-electron chi connectivity index (χ2n) is 3.81. The molecular formula is C10H18BrN3O. The molecule has 0 spiro atoms. The third-order valence-electron chi connectivity index (χ3n) is 2.01. The largest absolute Gasteiger partial charge is 0.374 e. The lowest BCUT2D eigenvalue weighted by Gasteiger charge is -2.11. The van der Waals surface area contributed by atoms with E-state index in [1.165, 1.54) is 0 Å². The topological polar surface area (TPSA) is 39.9 Å². The van der Waals surface area contributed by atoms with Gasteiger partial charge in [-0.1, -0.05) is 29.8 Å². The van der Waals surface area contributed by atoms with Crippen molar-refractivity contribution < 1.29 is 4.74 Å². The lowest BCUT2D eigenvalue weighted by atomic mass is 10.2. The van der Waals surface area contributed by atoms with E-state index in [0.717, 1.165) is 23.5 Å². The number of hydrogen-bond acceptors (Lipinski definition) is 3. The van der Waals surface area contributed by atoms with Gasteiger partial charge in [-0.25, -0.2) is 0 Å². The Bertz CT molecular complexity index is 299. The van der Waals surface area contributed by atoms with Crippen molar-refractivity contribution in [3.05, 3.63) is 11.6 Å². The molecule has 0 aliphatic rings. The van der Waals surface area contributed by atoms with E-state index in [-0.39, 0.29) is 0 Å². The number of nitrogens with zero attached hydrogens (tertiary/aromatic N) is 3. The normalized spacial score (nSPS) is 11.3. The van der Waals surface area contributed by atoms with Crippen LogP contribution in [0.15, 0.2) is 0 Å². The van der Waals surface area contributed by atoms with Gasteiger partial charge in [0.1, 0.15) is 12.4 Å². The maximum Gasteiger partial charge on any atom is 0.159 e. The molecule has 1 aromatic rings. The Hall–Kier alpha value is -0.420. The SMILES string of the molecule is CCOCc1nnc(CBr)n1CC(C)C. The Balaban J connectivity index is 2.80. The number of hydrogen-bond donors (Lipinski definition) is 0. The second kappa shape index (κ2) is 6.23. The number of halogens is 1. The maximum absolute atomic E-state index is 5.36. The van der Waals surface area contributed by atoms with Gasteiger partial charge in [0.2, 0.25) is 0 Å². The number of aromatic nitrogens is 3. The number of rotatable bonds is 6. The smallest absolute Gasteiger partial charge is 0.159 e. The molecule has 0 aromatic carbocycles. The van der Waals surface area contributed by atoms with Gasteiger partial charge in [-0.3, -0.25) is 0 Å². The minimum absolute atomic E-state index is 0.545. The average molecular weight is 276 g/mol. The summed E-state index contributed by atoms with van der Waals surface area (Å²) in [7, 11) is 0. The van der Waals surface area contributed by atoms with E-state index in [9.17, 15) is 0 Å². The zero-order valence-electron chi connectivity index (χ0n) is 9.53. The van der Waals surface area contributed by atoms with Gasteiger partial charge < -0.3 is 9.30 Å². The highest BCUT2D eigenvalue weighted by Gasteiger charge is 2.11. The molecule has 0 bridgehead atoms. The van der Waals surface area contributed by atoms with E-state index in [2.05, 4.69) is 44.5 Å². The summed E-state index contributed by atoms with van der Waals surface area (Å²) in [5, 5.41) is 9.00. The first kappa shape index (κ1) is 12.6. The van der Waals surface area contributed by atoms with Gasteiger partial charge in [0.25, 0.3) is 0 Å². The number of alkyl halides is 1. The first-order valence-electron chi connectivity index (χ1n) is 5.23. The lowest BCUT2D eigenvalue weighted by Crippen LogP contribution is -2.12. The molecule has 0 fully saturated rings. The van der Waals surface area contributed by atoms with Gasteiger partial charge >= 0.3 is 0 Å². The maximum atomic E-state index is 5.36. The molecule has 0 unspecified atom stereocenters. The first-order chi connectivity index (χ1) is 7.19. The molecule has 0 N–H and O–H groups in total. The minimum Gasteiger partial charge on any atom is -0.374 e. The molecule has 1 rings (SSSR count). The Morgan fingerprint density at radius 2 is 2.00 bits per heavy atom. The highest BCUT2D eigenvalue weighted by atomic mass is 79.9. The Kier molecular flexibility index (Phi) is 5.25. The molecule has 0 saturated heterocycles. The van der Waals surface area contributed by atoms with Crippen LogP contribution in [0.5, 0.6) is 0 Å². The van der Waals surface area contributed by atoms with Crippen LogP contribution in [0.4, 0.5) is 0 Å². The van der Waals surface area contributed by atoms with Crippen LogP contribution in [-0.2, 0) is 23.2 Å². The van der Waals surface area contributed by atoms with Crippen molar-refractivity contribution in [2.75, 3.05) is 6.61 Å². The van der Waals surface area contributed by atoms with Crippen LogP contribution in [0, 0.1) is 5.92 Å². The minimum atomic E-state index is 0.545. The molecule has 4 nitrogen and oxygen atoms in total. The van der Waals surface area contributed by atoms with E-state index in [4.69, 9.17) is 4.74 Å². The molecular weight excluding hydrogens is 258 g/mol. The molecule has 0 amide bonds. The molecule has 0 radical (unpaired) electrons. The molecule has 0 aliphatic carbocycles. The van der Waals surface area contributed by atoms with Crippen LogP contribution < -0.4 is 0 Å². The summed E-state index contributed by atoms with van der Waals surface area (Å²) < 4.78 is 7.49. The van der Waals surface area contributed by atoms with Gasteiger partial charge in [0, 0.05) is 13.2 Å². The van der Waals surface area contributed by atoms with Crippen LogP contribution in [-0.4, -0.2) is 21.4 Å². The Labute approximate surface area is 99.2 Å². The summed E-state index contributed by atoms with van der Waals surface area (Å²) in [5.41, 5.74) is 0. The molecule has 0 saturated carbocycles. The molecule has 0 atom stereocenters. The molecule has 5 heteroatoms. The van der Waals surface area contributed by atoms with E-state index in [1.807, 2.05) is 6.92 Å². The predicted octanol–water partition coefficient (Wildman–Crippen LogP) is 2.37. The third kappa shape index (κ3) is 3.57. The van der Waals surface area contributed by atoms with E-state index in [0.29, 0.717) is 19.1 Å². The van der Waals surface area contributed by atoms with Crippen molar-refractivity contribution in [3.8, 4) is 0 Å². The van der Waals surface area contributed by atoms with Gasteiger partial charge in [-0.2, -0.15) is 0 Å². The number of ether oxygens (including phenoxy) is 1. The van der Waals surface area contributed by atoms with E-state index >= 15 is 0 Å². The summed E-state index contributed by atoms with van der Waals surface area (Å²) in [5.74, 6) is 2.47. The van der Waals surface area contributed by atoms with Crippen molar-refractivity contribution in [3.63, 3.8) is 0 Å². The summed E-state index contributed by atoms with van der Waals surface area (Å²) in [6.07, 6.45) is 0. The van der Waals surface area contributed by atoms with Crippen LogP contribution in [0.2, 0.25) is 0 Å². The van der Waals surface area contributed by atoms with E-state index in [1.54, 1.807) is 0 Å². The fourth-order valence-electron chi connectivity index (χ4n) is 1.35. The van der Waals surface area contributed by atoms with Crippen LogP contribution >= 0.6 is 15.9 Å². The molecule has 0 aliphatic heterocycles. The second-order valence-corrected chi connectivity index (χ2v) is 4.37. The van der Waals surface area contributed by atoms with Crippen molar-refractivity contribution in [2.24, 2.45) is 5.92 Å². The van der Waals surface area contributed by atoms with Crippen LogP contribution in [0.25, 0.3) is 0 Å². The van der Waals surface area contributed by atoms with Gasteiger partial charge in [0.05, 0.1) is 5.33 Å². The first-order valence-corrected chi connectivity index (χ1v) is 6.35. The van der Waals surface area contributed by atoms with Crippen molar-refractivity contribution in [1.29, 1.82) is 0 Å². The van der Waals surface area contributed by atoms with E-state index < -0.39 is 0 Å². The Morgan fingerprint density at radius 1 is 1.33 bits per heavy atom. The molecule has 1 aromatic heterocycles. The quantitative estimate of drug-likeness (QED) is 0.749. The fourth-order valence-corrected chi connectivity index (χ4v) is 1.76. The molecule has 1 heterocycles. The van der Waals surface area contributed by atoms with Crippen molar-refractivity contribution in [2.45, 2.75) is 39.3 Å². The summed E-state index contributed by atoms with van der Waals surface area (Å²) in [6.45, 7) is 8.54. The fraction of sp³-hybridized carbons (Fsp3) is 0.800. The van der Waals surface area contributed by atoms with Gasteiger partial charge in [0.15, 0.2) is 5.82 Å².